The molecule has 170 valence electrons. The van der Waals surface area contributed by atoms with E-state index in [9.17, 15) is 14.4 Å². The number of carbonyl (C=O) groups is 3. The van der Waals surface area contributed by atoms with Crippen LogP contribution in [0, 0.1) is 0 Å². The van der Waals surface area contributed by atoms with Crippen molar-refractivity contribution in [3.63, 3.8) is 0 Å². The Hall–Kier alpha value is -2.97. The van der Waals surface area contributed by atoms with Crippen LogP contribution in [0.4, 0.5) is 9.59 Å². The second-order valence-electron chi connectivity index (χ2n) is 8.89. The quantitative estimate of drug-likeness (QED) is 0.530. The molecule has 1 aromatic carbocycles. The van der Waals surface area contributed by atoms with Gasteiger partial charge in [-0.25, -0.2) is 14.4 Å². The van der Waals surface area contributed by atoms with Gasteiger partial charge in [0, 0.05) is 31.5 Å². The van der Waals surface area contributed by atoms with Crippen molar-refractivity contribution in [3.8, 4) is 5.75 Å². The van der Waals surface area contributed by atoms with Crippen molar-refractivity contribution in [1.29, 1.82) is 0 Å². The van der Waals surface area contributed by atoms with Gasteiger partial charge in [-0.2, -0.15) is 0 Å². The average molecular weight is 434 g/mol. The number of hydrogen-bond acceptors (Lipinski definition) is 7. The Kier molecular flexibility index (Phi) is 6.33. The van der Waals surface area contributed by atoms with Gasteiger partial charge < -0.3 is 23.8 Å². The minimum Gasteiger partial charge on any atom is -0.496 e. The van der Waals surface area contributed by atoms with Gasteiger partial charge in [-0.1, -0.05) is 6.07 Å². The Morgan fingerprint density at radius 1 is 1.16 bits per heavy atom. The summed E-state index contributed by atoms with van der Waals surface area (Å²) in [6.07, 6.45) is 0.351. The van der Waals surface area contributed by atoms with E-state index in [0.29, 0.717) is 50.3 Å². The van der Waals surface area contributed by atoms with Crippen LogP contribution in [-0.4, -0.2) is 73.0 Å². The molecular formula is C22H30N2O7. The zero-order valence-electron chi connectivity index (χ0n) is 18.7. The second kappa shape index (κ2) is 8.64. The van der Waals surface area contributed by atoms with Gasteiger partial charge in [-0.05, 0) is 32.9 Å². The molecule has 0 unspecified atom stereocenters. The molecule has 9 nitrogen and oxygen atoms in total. The lowest BCUT2D eigenvalue weighted by Crippen LogP contribution is -2.49. The molecule has 2 aliphatic heterocycles. The van der Waals surface area contributed by atoms with Gasteiger partial charge >= 0.3 is 18.2 Å². The lowest BCUT2D eigenvalue weighted by Gasteiger charge is -2.37. The number of piperidine rings is 1. The predicted octanol–water partition coefficient (Wildman–Crippen LogP) is 3.20. The minimum absolute atomic E-state index is 0.293. The van der Waals surface area contributed by atoms with Crippen molar-refractivity contribution in [3.05, 3.63) is 29.3 Å². The van der Waals surface area contributed by atoms with Crippen LogP contribution >= 0.6 is 0 Å². The molecule has 3 rings (SSSR count). The van der Waals surface area contributed by atoms with E-state index in [1.807, 2.05) is 20.8 Å². The first kappa shape index (κ1) is 22.7. The summed E-state index contributed by atoms with van der Waals surface area (Å²) in [5, 5.41) is 0. The normalized spacial score (nSPS) is 18.0. The first-order valence-electron chi connectivity index (χ1n) is 10.3. The molecule has 2 heterocycles. The van der Waals surface area contributed by atoms with Gasteiger partial charge in [-0.15, -0.1) is 0 Å². The summed E-state index contributed by atoms with van der Waals surface area (Å²) in [5.41, 5.74) is -0.0338. The number of rotatable bonds is 4. The number of nitrogens with zero attached hydrogens (tertiary/aromatic N) is 2. The van der Waals surface area contributed by atoms with Crippen LogP contribution in [0.15, 0.2) is 18.2 Å². The highest BCUT2D eigenvalue weighted by molar-refractivity contribution is 5.90. The molecule has 1 aromatic rings. The highest BCUT2D eigenvalue weighted by Gasteiger charge is 2.48. The van der Waals surface area contributed by atoms with E-state index in [2.05, 4.69) is 0 Å². The monoisotopic (exact) mass is 434 g/mol. The third kappa shape index (κ3) is 5.21. The number of hydrogen-bond donors (Lipinski definition) is 0. The minimum atomic E-state index is -0.616. The Balaban J connectivity index is 1.64. The van der Waals surface area contributed by atoms with Gasteiger partial charge in [0.05, 0.1) is 32.9 Å². The standard InChI is InChI=1S/C22H30N2O7/c1-21(2,3)30-19(26)23-10-8-22(9-11-23)14-24(20(27)31-22)13-16-7-6-15(18(25)29-5)12-17(16)28-4/h6-7,12H,8-11,13-14H2,1-5H3. The molecular weight excluding hydrogens is 404 g/mol. The van der Waals surface area contributed by atoms with Crippen molar-refractivity contribution in [2.45, 2.75) is 51.4 Å². The molecule has 0 radical (unpaired) electrons. The van der Waals surface area contributed by atoms with E-state index in [0.717, 1.165) is 5.56 Å². The van der Waals surface area contributed by atoms with Gasteiger partial charge in [-0.3, -0.25) is 4.90 Å². The van der Waals surface area contributed by atoms with E-state index >= 15 is 0 Å². The van der Waals surface area contributed by atoms with Gasteiger partial charge in [0.15, 0.2) is 0 Å². The summed E-state index contributed by atoms with van der Waals surface area (Å²) in [6, 6.07) is 4.98. The highest BCUT2D eigenvalue weighted by Crippen LogP contribution is 2.35. The number of ether oxygens (including phenoxy) is 4. The molecule has 0 atom stereocenters. The van der Waals surface area contributed by atoms with Crippen LogP contribution in [0.3, 0.4) is 0 Å². The fourth-order valence-corrected chi connectivity index (χ4v) is 3.82. The number of amides is 2. The van der Waals surface area contributed by atoms with Crippen molar-refractivity contribution in [2.24, 2.45) is 0 Å². The lowest BCUT2D eigenvalue weighted by atomic mass is 9.91. The zero-order valence-corrected chi connectivity index (χ0v) is 18.7. The van der Waals surface area contributed by atoms with Crippen LogP contribution in [0.5, 0.6) is 5.75 Å². The molecule has 9 heteroatoms. The van der Waals surface area contributed by atoms with Gasteiger partial charge in [0.1, 0.15) is 17.0 Å². The fraction of sp³-hybridized carbons (Fsp3) is 0.591. The number of esters is 1. The number of carbonyl (C=O) groups excluding carboxylic acids is 3. The van der Waals surface area contributed by atoms with Crippen LogP contribution in [0.1, 0.15) is 49.5 Å². The van der Waals surface area contributed by atoms with E-state index < -0.39 is 23.3 Å². The SMILES string of the molecule is COC(=O)c1ccc(CN2CC3(CCN(C(=O)OC(C)(C)C)CC3)OC2=O)c(OC)c1. The van der Waals surface area contributed by atoms with Crippen molar-refractivity contribution in [1.82, 2.24) is 9.80 Å². The van der Waals surface area contributed by atoms with Crippen LogP contribution in [0.2, 0.25) is 0 Å². The largest absolute Gasteiger partial charge is 0.496 e. The number of methoxy groups -OCH3 is 2. The maximum absolute atomic E-state index is 12.6. The van der Waals surface area contributed by atoms with Crippen LogP contribution in [-0.2, 0) is 20.8 Å². The fourth-order valence-electron chi connectivity index (χ4n) is 3.82. The maximum Gasteiger partial charge on any atom is 0.410 e. The molecule has 2 saturated heterocycles. The van der Waals surface area contributed by atoms with Crippen molar-refractivity contribution in [2.75, 3.05) is 33.9 Å². The van der Waals surface area contributed by atoms with E-state index in [1.54, 1.807) is 28.0 Å². The summed E-state index contributed by atoms with van der Waals surface area (Å²) < 4.78 is 21.3. The topological polar surface area (TPSA) is 94.6 Å². The molecule has 0 saturated carbocycles. The van der Waals surface area contributed by atoms with Crippen LogP contribution in [0.25, 0.3) is 0 Å². The van der Waals surface area contributed by atoms with Gasteiger partial charge in [0.2, 0.25) is 0 Å². The Morgan fingerprint density at radius 3 is 2.42 bits per heavy atom. The van der Waals surface area contributed by atoms with Crippen molar-refractivity contribution >= 4 is 18.2 Å². The van der Waals surface area contributed by atoms with E-state index in [-0.39, 0.29) is 6.09 Å². The number of benzene rings is 1. The lowest BCUT2D eigenvalue weighted by molar-refractivity contribution is -0.0170. The van der Waals surface area contributed by atoms with E-state index in [4.69, 9.17) is 18.9 Å². The zero-order chi connectivity index (χ0) is 22.8. The first-order valence-corrected chi connectivity index (χ1v) is 10.3. The summed E-state index contributed by atoms with van der Waals surface area (Å²) in [5.74, 6) is 0.0394. The molecule has 2 aliphatic rings. The first-order chi connectivity index (χ1) is 14.6. The molecule has 2 amide bonds. The third-order valence-electron chi connectivity index (χ3n) is 5.44. The van der Waals surface area contributed by atoms with Gasteiger partial charge in [0.25, 0.3) is 0 Å². The molecule has 0 aliphatic carbocycles. The molecule has 0 aromatic heterocycles. The molecule has 1 spiro atoms. The summed E-state index contributed by atoms with van der Waals surface area (Å²) in [4.78, 5) is 39.9. The summed E-state index contributed by atoms with van der Waals surface area (Å²) in [6.45, 7) is 7.15. The van der Waals surface area contributed by atoms with Crippen LogP contribution < -0.4 is 4.74 Å². The molecule has 31 heavy (non-hydrogen) atoms. The Morgan fingerprint density at radius 2 is 1.84 bits per heavy atom. The van der Waals surface area contributed by atoms with Crippen molar-refractivity contribution < 1.29 is 33.3 Å². The Labute approximate surface area is 182 Å². The molecule has 0 bridgehead atoms. The smallest absolute Gasteiger partial charge is 0.410 e. The molecule has 0 N–H and O–H groups in total. The average Bonchev–Trinajstić information content (AvgIpc) is 3.01. The Bertz CT molecular complexity index is 854. The second-order valence-corrected chi connectivity index (χ2v) is 8.89. The number of likely N-dealkylation sites (tertiary alicyclic amines) is 1. The highest BCUT2D eigenvalue weighted by atomic mass is 16.6. The maximum atomic E-state index is 12.6. The third-order valence-corrected chi connectivity index (χ3v) is 5.44. The summed E-state index contributed by atoms with van der Waals surface area (Å²) >= 11 is 0. The van der Waals surface area contributed by atoms with E-state index in [1.165, 1.54) is 14.2 Å². The molecule has 2 fully saturated rings. The summed E-state index contributed by atoms with van der Waals surface area (Å²) in [7, 11) is 2.83. The predicted molar refractivity (Wildman–Crippen MR) is 111 cm³/mol.